The summed E-state index contributed by atoms with van der Waals surface area (Å²) in [6, 6.07) is 18.0. The number of hydrogen-bond acceptors (Lipinski definition) is 3. The molecule has 4 nitrogen and oxygen atoms in total. The Labute approximate surface area is 117 Å². The van der Waals surface area contributed by atoms with E-state index in [9.17, 15) is 0 Å². The monoisotopic (exact) mass is 261 g/mol. The van der Waals surface area contributed by atoms with Crippen LogP contribution >= 0.6 is 0 Å². The average Bonchev–Trinajstić information content (AvgIpc) is 3.01. The molecule has 0 atom stereocenters. The lowest BCUT2D eigenvalue weighted by Crippen LogP contribution is -1.91. The predicted octanol–water partition coefficient (Wildman–Crippen LogP) is 2.97. The second kappa shape index (κ2) is 5.48. The van der Waals surface area contributed by atoms with Gasteiger partial charge in [0.1, 0.15) is 0 Å². The van der Waals surface area contributed by atoms with E-state index in [-0.39, 0.29) is 0 Å². The van der Waals surface area contributed by atoms with Gasteiger partial charge in [-0.05, 0) is 40.1 Å². The van der Waals surface area contributed by atoms with Crippen molar-refractivity contribution in [3.63, 3.8) is 0 Å². The topological polar surface area (TPSA) is 54.5 Å². The molecular formula is C16H13N4. The highest BCUT2D eigenvalue weighted by molar-refractivity contribution is 5.88. The van der Waals surface area contributed by atoms with Gasteiger partial charge in [0.2, 0.25) is 0 Å². The summed E-state index contributed by atoms with van der Waals surface area (Å²) in [7, 11) is 0. The van der Waals surface area contributed by atoms with Gasteiger partial charge >= 0.3 is 0 Å². The molecule has 3 rings (SSSR count). The van der Waals surface area contributed by atoms with E-state index in [0.29, 0.717) is 5.82 Å². The summed E-state index contributed by atoms with van der Waals surface area (Å²) in [5.74, 6) is 0.648. The minimum Gasteiger partial charge on any atom is -0.239 e. The van der Waals surface area contributed by atoms with Gasteiger partial charge in [0.15, 0.2) is 5.82 Å². The Balaban J connectivity index is 2.08. The quantitative estimate of drug-likeness (QED) is 0.737. The first kappa shape index (κ1) is 12.3. The van der Waals surface area contributed by atoms with Crippen LogP contribution < -0.4 is 0 Å². The maximum Gasteiger partial charge on any atom is 0.180 e. The lowest BCUT2D eigenvalue weighted by molar-refractivity contribution is 0.881. The summed E-state index contributed by atoms with van der Waals surface area (Å²) in [4.78, 5) is 0. The molecule has 0 bridgehead atoms. The number of hydrogen-bond donors (Lipinski definition) is 1. The minimum atomic E-state index is 0.648. The van der Waals surface area contributed by atoms with E-state index in [0.717, 1.165) is 22.3 Å². The number of benzene rings is 2. The number of nitrogens with one attached hydrogen (secondary N) is 1. The molecule has 1 heterocycles. The van der Waals surface area contributed by atoms with Crippen molar-refractivity contribution in [1.82, 2.24) is 20.6 Å². The van der Waals surface area contributed by atoms with Gasteiger partial charge in [-0.1, -0.05) is 54.6 Å². The third-order valence-corrected chi connectivity index (χ3v) is 2.98. The number of tetrazole rings is 1. The molecule has 4 heteroatoms. The van der Waals surface area contributed by atoms with Crippen LogP contribution in [0.4, 0.5) is 0 Å². The molecule has 1 aromatic heterocycles. The van der Waals surface area contributed by atoms with Crippen LogP contribution in [0.2, 0.25) is 0 Å². The van der Waals surface area contributed by atoms with Gasteiger partial charge in [-0.2, -0.15) is 0 Å². The van der Waals surface area contributed by atoms with Crippen LogP contribution in [-0.4, -0.2) is 20.6 Å². The molecule has 20 heavy (non-hydrogen) atoms. The third kappa shape index (κ3) is 2.64. The number of aromatic amines is 1. The number of H-pyrrole nitrogens is 1. The number of nitrogens with zero attached hydrogens (tertiary/aromatic N) is 3. The van der Waals surface area contributed by atoms with Gasteiger partial charge in [-0.15, -0.1) is 5.10 Å². The lowest BCUT2D eigenvalue weighted by atomic mass is 10.0. The molecule has 0 unspecified atom stereocenters. The van der Waals surface area contributed by atoms with Gasteiger partial charge in [-0.3, -0.25) is 0 Å². The SMILES string of the molecule is [CH2]c1ccc(C=C(c2ccccc2)c2nnn[nH]2)cc1. The average molecular weight is 261 g/mol. The van der Waals surface area contributed by atoms with Crippen molar-refractivity contribution in [2.45, 2.75) is 0 Å². The Bertz CT molecular complexity index is 698. The van der Waals surface area contributed by atoms with Crippen LogP contribution in [0.15, 0.2) is 54.6 Å². The van der Waals surface area contributed by atoms with Crippen LogP contribution in [0, 0.1) is 6.92 Å². The molecular weight excluding hydrogens is 248 g/mol. The maximum absolute atomic E-state index is 4.01. The zero-order valence-corrected chi connectivity index (χ0v) is 10.8. The first-order valence-corrected chi connectivity index (χ1v) is 6.26. The fraction of sp³-hybridized carbons (Fsp3) is 0. The molecule has 0 saturated carbocycles. The molecule has 3 aromatic rings. The lowest BCUT2D eigenvalue weighted by Gasteiger charge is -2.04. The summed E-state index contributed by atoms with van der Waals surface area (Å²) in [5, 5.41) is 14.1. The van der Waals surface area contributed by atoms with Gasteiger partial charge < -0.3 is 0 Å². The molecule has 0 spiro atoms. The van der Waals surface area contributed by atoms with Crippen molar-refractivity contribution in [3.8, 4) is 0 Å². The molecule has 0 saturated heterocycles. The maximum atomic E-state index is 4.01. The first-order valence-electron chi connectivity index (χ1n) is 6.26. The first-order chi connectivity index (χ1) is 9.83. The van der Waals surface area contributed by atoms with Gasteiger partial charge in [0.25, 0.3) is 0 Å². The third-order valence-electron chi connectivity index (χ3n) is 2.98. The Morgan fingerprint density at radius 3 is 2.40 bits per heavy atom. The van der Waals surface area contributed by atoms with Crippen molar-refractivity contribution in [2.24, 2.45) is 0 Å². The summed E-state index contributed by atoms with van der Waals surface area (Å²) < 4.78 is 0. The van der Waals surface area contributed by atoms with Crippen molar-refractivity contribution in [2.75, 3.05) is 0 Å². The number of aromatic nitrogens is 4. The zero-order valence-electron chi connectivity index (χ0n) is 10.8. The van der Waals surface area contributed by atoms with Crippen molar-refractivity contribution in [3.05, 3.63) is 84.0 Å². The highest BCUT2D eigenvalue weighted by atomic mass is 15.5. The zero-order chi connectivity index (χ0) is 13.8. The highest BCUT2D eigenvalue weighted by Crippen LogP contribution is 2.22. The van der Waals surface area contributed by atoms with E-state index >= 15 is 0 Å². The largest absolute Gasteiger partial charge is 0.239 e. The Morgan fingerprint density at radius 2 is 1.75 bits per heavy atom. The van der Waals surface area contributed by atoms with Crippen LogP contribution in [0.5, 0.6) is 0 Å². The van der Waals surface area contributed by atoms with E-state index < -0.39 is 0 Å². The van der Waals surface area contributed by atoms with Crippen molar-refractivity contribution >= 4 is 11.6 Å². The van der Waals surface area contributed by atoms with Gasteiger partial charge in [0.05, 0.1) is 0 Å². The Kier molecular flexibility index (Phi) is 3.37. The van der Waals surface area contributed by atoms with Crippen LogP contribution in [0.3, 0.4) is 0 Å². The van der Waals surface area contributed by atoms with Crippen molar-refractivity contribution < 1.29 is 0 Å². The molecule has 97 valence electrons. The molecule has 2 aromatic carbocycles. The van der Waals surface area contributed by atoms with E-state index in [2.05, 4.69) is 33.6 Å². The van der Waals surface area contributed by atoms with E-state index in [1.165, 1.54) is 0 Å². The Morgan fingerprint density at radius 1 is 1.00 bits per heavy atom. The molecule has 0 aliphatic rings. The molecule has 1 N–H and O–H groups in total. The highest BCUT2D eigenvalue weighted by Gasteiger charge is 2.08. The second-order valence-corrected chi connectivity index (χ2v) is 4.42. The smallest absolute Gasteiger partial charge is 0.180 e. The molecule has 0 aliphatic carbocycles. The van der Waals surface area contributed by atoms with Crippen molar-refractivity contribution in [1.29, 1.82) is 0 Å². The van der Waals surface area contributed by atoms with Crippen LogP contribution in [-0.2, 0) is 0 Å². The minimum absolute atomic E-state index is 0.648. The van der Waals surface area contributed by atoms with Gasteiger partial charge in [-0.25, -0.2) is 5.10 Å². The van der Waals surface area contributed by atoms with Gasteiger partial charge in [0, 0.05) is 5.57 Å². The van der Waals surface area contributed by atoms with Crippen LogP contribution in [0.1, 0.15) is 22.5 Å². The second-order valence-electron chi connectivity index (χ2n) is 4.42. The molecule has 1 radical (unpaired) electrons. The van der Waals surface area contributed by atoms with E-state index in [4.69, 9.17) is 0 Å². The normalized spacial score (nSPS) is 11.6. The Hall–Kier alpha value is -2.75. The molecule has 0 fully saturated rings. The van der Waals surface area contributed by atoms with Crippen LogP contribution in [0.25, 0.3) is 11.6 Å². The fourth-order valence-corrected chi connectivity index (χ4v) is 1.96. The number of rotatable bonds is 3. The standard InChI is InChI=1S/C16H13N4/c1-12-7-9-13(10-8-12)11-15(16-17-19-20-18-16)14-5-3-2-4-6-14/h2-11H,1H2,(H,17,18,19,20). The van der Waals surface area contributed by atoms with E-state index in [1.807, 2.05) is 54.6 Å². The summed E-state index contributed by atoms with van der Waals surface area (Å²) in [6.45, 7) is 3.89. The fourth-order valence-electron chi connectivity index (χ4n) is 1.96. The molecule has 0 aliphatic heterocycles. The summed E-state index contributed by atoms with van der Waals surface area (Å²) >= 11 is 0. The van der Waals surface area contributed by atoms with E-state index in [1.54, 1.807) is 0 Å². The predicted molar refractivity (Wildman–Crippen MR) is 78.5 cm³/mol. The summed E-state index contributed by atoms with van der Waals surface area (Å²) in [6.07, 6.45) is 2.05. The molecule has 0 amide bonds. The summed E-state index contributed by atoms with van der Waals surface area (Å²) in [5.41, 5.74) is 4.08.